The zero-order chi connectivity index (χ0) is 19.4. The normalized spacial score (nSPS) is 11.6. The van der Waals surface area contributed by atoms with E-state index in [9.17, 15) is 0 Å². The Kier molecular flexibility index (Phi) is 3.76. The lowest BCUT2D eigenvalue weighted by Gasteiger charge is -2.09. The number of fused-ring (bicyclic) bond motifs is 4. The molecular formula is C23H15BrN4S. The smallest absolute Gasteiger partial charge is 0.197 e. The zero-order valence-electron chi connectivity index (χ0n) is 15.2. The van der Waals surface area contributed by atoms with Gasteiger partial charge < -0.3 is 10.3 Å². The Hall–Kier alpha value is -3.09. The first kappa shape index (κ1) is 16.8. The molecule has 0 bridgehead atoms. The fourth-order valence-corrected chi connectivity index (χ4v) is 5.05. The van der Waals surface area contributed by atoms with E-state index in [1.807, 2.05) is 24.4 Å². The minimum Gasteiger partial charge on any atom is -0.360 e. The maximum Gasteiger partial charge on any atom is 0.197 e. The van der Waals surface area contributed by atoms with E-state index in [0.717, 1.165) is 43.2 Å². The minimum atomic E-state index is 0.947. The van der Waals surface area contributed by atoms with Gasteiger partial charge in [-0.2, -0.15) is 0 Å². The fraction of sp³-hybridized carbons (Fsp3) is 0. The van der Waals surface area contributed by atoms with Crippen molar-refractivity contribution < 1.29 is 0 Å². The van der Waals surface area contributed by atoms with E-state index in [0.29, 0.717) is 0 Å². The van der Waals surface area contributed by atoms with E-state index >= 15 is 0 Å². The van der Waals surface area contributed by atoms with Crippen molar-refractivity contribution in [3.63, 3.8) is 0 Å². The molecule has 0 aliphatic rings. The highest BCUT2D eigenvalue weighted by molar-refractivity contribution is 9.10. The number of benzene rings is 3. The fourth-order valence-electron chi connectivity index (χ4n) is 3.76. The number of aromatic amines is 1. The van der Waals surface area contributed by atoms with Crippen molar-refractivity contribution in [2.45, 2.75) is 0 Å². The van der Waals surface area contributed by atoms with Crippen molar-refractivity contribution >= 4 is 64.9 Å². The molecule has 3 aromatic heterocycles. The van der Waals surface area contributed by atoms with Gasteiger partial charge in [-0.05, 0) is 42.5 Å². The first-order chi connectivity index (χ1) is 14.3. The van der Waals surface area contributed by atoms with E-state index in [-0.39, 0.29) is 0 Å². The first-order valence-electron chi connectivity index (χ1n) is 9.27. The molecular weight excluding hydrogens is 444 g/mol. The van der Waals surface area contributed by atoms with E-state index in [4.69, 9.17) is 4.98 Å². The molecule has 6 rings (SSSR count). The second kappa shape index (κ2) is 6.47. The quantitative estimate of drug-likeness (QED) is 0.294. The number of H-pyrrole nitrogens is 1. The van der Waals surface area contributed by atoms with Gasteiger partial charge in [-0.1, -0.05) is 57.6 Å². The van der Waals surface area contributed by atoms with Crippen molar-refractivity contribution in [1.82, 2.24) is 14.4 Å². The number of halogens is 1. The highest BCUT2D eigenvalue weighted by Crippen LogP contribution is 2.39. The van der Waals surface area contributed by atoms with Crippen molar-refractivity contribution in [2.24, 2.45) is 0 Å². The van der Waals surface area contributed by atoms with Crippen LogP contribution in [0, 0.1) is 0 Å². The Morgan fingerprint density at radius 2 is 1.72 bits per heavy atom. The standard InChI is InChI=1S/C23H15BrN4S/c24-14-9-11-15(12-10-14)26-22-21(17-13-25-18-6-2-1-5-16(17)18)27-23-28(22)19-7-3-4-8-20(19)29-23/h1-13,25-26H. The molecule has 2 N–H and O–H groups in total. The third-order valence-electron chi connectivity index (χ3n) is 5.11. The highest BCUT2D eigenvalue weighted by Gasteiger charge is 2.20. The van der Waals surface area contributed by atoms with Gasteiger partial charge in [-0.3, -0.25) is 4.40 Å². The number of para-hydroxylation sites is 2. The van der Waals surface area contributed by atoms with E-state index in [2.05, 4.69) is 85.2 Å². The molecule has 4 nitrogen and oxygen atoms in total. The van der Waals surface area contributed by atoms with Crippen LogP contribution >= 0.6 is 27.3 Å². The summed E-state index contributed by atoms with van der Waals surface area (Å²) in [7, 11) is 0. The monoisotopic (exact) mass is 458 g/mol. The Labute approximate surface area is 179 Å². The molecule has 0 saturated heterocycles. The molecule has 0 unspecified atom stereocenters. The summed E-state index contributed by atoms with van der Waals surface area (Å²) in [6.45, 7) is 0. The number of thiazole rings is 1. The second-order valence-electron chi connectivity index (χ2n) is 6.88. The number of anilines is 2. The predicted octanol–water partition coefficient (Wildman–Crippen LogP) is 7.20. The van der Waals surface area contributed by atoms with Crippen LogP contribution in [0.4, 0.5) is 11.5 Å². The largest absolute Gasteiger partial charge is 0.360 e. The average Bonchev–Trinajstić information content (AvgIpc) is 3.42. The summed E-state index contributed by atoms with van der Waals surface area (Å²) in [5.74, 6) is 0.976. The van der Waals surface area contributed by atoms with Gasteiger partial charge in [0.1, 0.15) is 11.5 Å². The first-order valence-corrected chi connectivity index (χ1v) is 10.9. The van der Waals surface area contributed by atoms with Crippen molar-refractivity contribution in [3.8, 4) is 11.3 Å². The van der Waals surface area contributed by atoms with Gasteiger partial charge in [0, 0.05) is 32.8 Å². The molecule has 0 radical (unpaired) electrons. The lowest BCUT2D eigenvalue weighted by Crippen LogP contribution is -1.96. The number of imidazole rings is 1. The lowest BCUT2D eigenvalue weighted by atomic mass is 10.1. The maximum absolute atomic E-state index is 5.05. The second-order valence-corrected chi connectivity index (χ2v) is 8.80. The van der Waals surface area contributed by atoms with Gasteiger partial charge in [0.25, 0.3) is 0 Å². The Balaban J connectivity index is 1.64. The molecule has 0 saturated carbocycles. The van der Waals surface area contributed by atoms with Gasteiger partial charge in [0.15, 0.2) is 4.96 Å². The zero-order valence-corrected chi connectivity index (χ0v) is 17.6. The minimum absolute atomic E-state index is 0.947. The third kappa shape index (κ3) is 2.68. The van der Waals surface area contributed by atoms with E-state index in [1.54, 1.807) is 11.3 Å². The summed E-state index contributed by atoms with van der Waals surface area (Å²) in [6.07, 6.45) is 2.05. The van der Waals surface area contributed by atoms with Crippen LogP contribution in [0.15, 0.2) is 83.5 Å². The van der Waals surface area contributed by atoms with Crippen molar-refractivity contribution in [2.75, 3.05) is 5.32 Å². The van der Waals surface area contributed by atoms with Crippen LogP contribution < -0.4 is 5.32 Å². The van der Waals surface area contributed by atoms with Gasteiger partial charge in [-0.15, -0.1) is 0 Å². The summed E-state index contributed by atoms with van der Waals surface area (Å²) in [6, 6.07) is 25.0. The topological polar surface area (TPSA) is 45.1 Å². The maximum atomic E-state index is 5.05. The molecule has 0 aliphatic carbocycles. The Morgan fingerprint density at radius 3 is 2.62 bits per heavy atom. The van der Waals surface area contributed by atoms with Crippen LogP contribution in [-0.4, -0.2) is 14.4 Å². The van der Waals surface area contributed by atoms with Gasteiger partial charge >= 0.3 is 0 Å². The Bertz CT molecular complexity index is 1490. The number of rotatable bonds is 3. The molecule has 0 atom stereocenters. The van der Waals surface area contributed by atoms with Gasteiger partial charge in [0.05, 0.1) is 10.2 Å². The van der Waals surface area contributed by atoms with Crippen LogP contribution in [0.1, 0.15) is 0 Å². The highest BCUT2D eigenvalue weighted by atomic mass is 79.9. The summed E-state index contributed by atoms with van der Waals surface area (Å²) in [5, 5.41) is 4.79. The van der Waals surface area contributed by atoms with E-state index < -0.39 is 0 Å². The third-order valence-corrected chi connectivity index (χ3v) is 6.66. The predicted molar refractivity (Wildman–Crippen MR) is 125 cm³/mol. The van der Waals surface area contributed by atoms with Gasteiger partial charge in [0.2, 0.25) is 0 Å². The van der Waals surface area contributed by atoms with Crippen LogP contribution in [-0.2, 0) is 0 Å². The van der Waals surface area contributed by atoms with Gasteiger partial charge in [-0.25, -0.2) is 4.98 Å². The molecule has 6 aromatic rings. The number of nitrogens with zero attached hydrogens (tertiary/aromatic N) is 2. The molecule has 0 amide bonds. The summed E-state index contributed by atoms with van der Waals surface area (Å²) >= 11 is 5.22. The van der Waals surface area contributed by atoms with E-state index in [1.165, 1.54) is 10.1 Å². The molecule has 3 aromatic carbocycles. The molecule has 0 spiro atoms. The molecule has 0 fully saturated rings. The van der Waals surface area contributed by atoms with Crippen molar-refractivity contribution in [1.29, 1.82) is 0 Å². The number of hydrogen-bond donors (Lipinski definition) is 2. The molecule has 6 heteroatoms. The summed E-state index contributed by atoms with van der Waals surface area (Å²) < 4.78 is 4.50. The number of aromatic nitrogens is 3. The van der Waals surface area contributed by atoms with Crippen LogP contribution in [0.3, 0.4) is 0 Å². The lowest BCUT2D eigenvalue weighted by molar-refractivity contribution is 1.28. The number of hydrogen-bond acceptors (Lipinski definition) is 3. The average molecular weight is 459 g/mol. The SMILES string of the molecule is Brc1ccc(Nc2c(-c3c[nH]c4ccccc34)nc3sc4ccccc4n23)cc1. The van der Waals surface area contributed by atoms with Crippen molar-refractivity contribution in [3.05, 3.63) is 83.5 Å². The Morgan fingerprint density at radius 1 is 0.931 bits per heavy atom. The molecule has 29 heavy (non-hydrogen) atoms. The number of nitrogens with one attached hydrogen (secondary N) is 2. The molecule has 3 heterocycles. The van der Waals surface area contributed by atoms with Crippen LogP contribution in [0.5, 0.6) is 0 Å². The summed E-state index contributed by atoms with van der Waals surface area (Å²) in [5.41, 5.74) is 5.33. The molecule has 0 aliphatic heterocycles. The molecule has 140 valence electrons. The van der Waals surface area contributed by atoms with Crippen LogP contribution in [0.25, 0.3) is 37.3 Å². The van der Waals surface area contributed by atoms with Crippen LogP contribution in [0.2, 0.25) is 0 Å². The summed E-state index contributed by atoms with van der Waals surface area (Å²) in [4.78, 5) is 9.40.